The molecule has 1 fully saturated rings. The van der Waals surface area contributed by atoms with Crippen LogP contribution in [0.2, 0.25) is 0 Å². The fraction of sp³-hybridized carbons (Fsp3) is 0.538. The Balaban J connectivity index is 1.99. The summed E-state index contributed by atoms with van der Waals surface area (Å²) in [6.45, 7) is 4.17. The number of pyridine rings is 1. The smallest absolute Gasteiger partial charge is 0.270 e. The Morgan fingerprint density at radius 3 is 2.71 bits per heavy atom. The van der Waals surface area contributed by atoms with Gasteiger partial charge in [0, 0.05) is 24.8 Å². The second-order valence-electron chi connectivity index (χ2n) is 5.03. The van der Waals surface area contributed by atoms with Crippen molar-refractivity contribution in [2.24, 2.45) is 0 Å². The summed E-state index contributed by atoms with van der Waals surface area (Å²) in [5.41, 5.74) is 0.397. The van der Waals surface area contributed by atoms with Crippen LogP contribution in [0.5, 0.6) is 0 Å². The summed E-state index contributed by atoms with van der Waals surface area (Å²) in [5.74, 6) is -0.0716. The van der Waals surface area contributed by atoms with Crippen molar-refractivity contribution in [1.29, 1.82) is 0 Å². The Labute approximate surface area is 102 Å². The van der Waals surface area contributed by atoms with E-state index < -0.39 is 0 Å². The molecule has 1 aromatic heterocycles. The number of likely N-dealkylation sites (tertiary alicyclic amines) is 1. The molecule has 2 rings (SSSR count). The SMILES string of the molecule is CN1CCC(C)(NC(=O)c2ccccn2)CC1. The molecule has 1 aromatic rings. The predicted molar refractivity (Wildman–Crippen MR) is 66.8 cm³/mol. The molecule has 1 amide bonds. The van der Waals surface area contributed by atoms with Crippen LogP contribution in [0.3, 0.4) is 0 Å². The quantitative estimate of drug-likeness (QED) is 0.837. The molecule has 4 nitrogen and oxygen atoms in total. The Kier molecular flexibility index (Phi) is 3.43. The van der Waals surface area contributed by atoms with Crippen molar-refractivity contribution in [3.63, 3.8) is 0 Å². The van der Waals surface area contributed by atoms with E-state index in [2.05, 4.69) is 29.2 Å². The van der Waals surface area contributed by atoms with Crippen LogP contribution < -0.4 is 5.32 Å². The highest BCUT2D eigenvalue weighted by atomic mass is 16.2. The lowest BCUT2D eigenvalue weighted by Gasteiger charge is -2.38. The van der Waals surface area contributed by atoms with E-state index in [9.17, 15) is 4.79 Å². The first kappa shape index (κ1) is 12.0. The van der Waals surface area contributed by atoms with E-state index in [0.29, 0.717) is 5.69 Å². The Hall–Kier alpha value is -1.42. The van der Waals surface area contributed by atoms with E-state index in [1.165, 1.54) is 0 Å². The number of nitrogens with zero attached hydrogens (tertiary/aromatic N) is 2. The number of carbonyl (C=O) groups excluding carboxylic acids is 1. The molecule has 0 aliphatic carbocycles. The van der Waals surface area contributed by atoms with Gasteiger partial charge in [0.1, 0.15) is 5.69 Å². The first-order valence-corrected chi connectivity index (χ1v) is 6.01. The van der Waals surface area contributed by atoms with Crippen molar-refractivity contribution in [1.82, 2.24) is 15.2 Å². The zero-order valence-corrected chi connectivity index (χ0v) is 10.4. The second-order valence-corrected chi connectivity index (χ2v) is 5.03. The van der Waals surface area contributed by atoms with Gasteiger partial charge in [0.15, 0.2) is 0 Å². The molecule has 2 heterocycles. The van der Waals surface area contributed by atoms with Crippen LogP contribution in [0.15, 0.2) is 24.4 Å². The van der Waals surface area contributed by atoms with Crippen LogP contribution in [0, 0.1) is 0 Å². The average molecular weight is 233 g/mol. The van der Waals surface area contributed by atoms with Gasteiger partial charge in [-0.3, -0.25) is 9.78 Å². The van der Waals surface area contributed by atoms with E-state index in [1.54, 1.807) is 12.3 Å². The standard InChI is InChI=1S/C13H19N3O/c1-13(6-9-16(2)10-7-13)15-12(17)11-5-3-4-8-14-11/h3-5,8H,6-7,9-10H2,1-2H3,(H,15,17). The first-order chi connectivity index (χ1) is 8.09. The number of hydrogen-bond donors (Lipinski definition) is 1. The molecule has 17 heavy (non-hydrogen) atoms. The third-order valence-electron chi connectivity index (χ3n) is 3.40. The Bertz CT molecular complexity index is 383. The molecule has 0 aromatic carbocycles. The van der Waals surface area contributed by atoms with E-state index in [0.717, 1.165) is 25.9 Å². The van der Waals surface area contributed by atoms with Gasteiger partial charge in [-0.25, -0.2) is 0 Å². The maximum atomic E-state index is 12.0. The van der Waals surface area contributed by atoms with Gasteiger partial charge in [0.05, 0.1) is 0 Å². The second kappa shape index (κ2) is 4.84. The summed E-state index contributed by atoms with van der Waals surface area (Å²) < 4.78 is 0. The van der Waals surface area contributed by atoms with Crippen LogP contribution in [0.1, 0.15) is 30.3 Å². The summed E-state index contributed by atoms with van der Waals surface area (Å²) in [6, 6.07) is 5.39. The Morgan fingerprint density at radius 2 is 2.12 bits per heavy atom. The maximum Gasteiger partial charge on any atom is 0.270 e. The van der Waals surface area contributed by atoms with Gasteiger partial charge in [0.2, 0.25) is 0 Å². The van der Waals surface area contributed by atoms with Gasteiger partial charge in [-0.05, 0) is 38.9 Å². The molecule has 1 N–H and O–H groups in total. The number of aromatic nitrogens is 1. The molecule has 0 radical (unpaired) electrons. The zero-order chi connectivity index (χ0) is 12.3. The number of rotatable bonds is 2. The lowest BCUT2D eigenvalue weighted by atomic mass is 9.89. The Morgan fingerprint density at radius 1 is 1.41 bits per heavy atom. The lowest BCUT2D eigenvalue weighted by molar-refractivity contribution is 0.0847. The monoisotopic (exact) mass is 233 g/mol. The number of piperidine rings is 1. The third kappa shape index (κ3) is 3.03. The van der Waals surface area contributed by atoms with Crippen LogP contribution >= 0.6 is 0 Å². The first-order valence-electron chi connectivity index (χ1n) is 6.01. The number of hydrogen-bond acceptors (Lipinski definition) is 3. The van der Waals surface area contributed by atoms with E-state index in [-0.39, 0.29) is 11.4 Å². The largest absolute Gasteiger partial charge is 0.345 e. The number of nitrogens with one attached hydrogen (secondary N) is 1. The maximum absolute atomic E-state index is 12.0. The highest BCUT2D eigenvalue weighted by Crippen LogP contribution is 2.21. The molecule has 92 valence electrons. The van der Waals surface area contributed by atoms with E-state index in [4.69, 9.17) is 0 Å². The van der Waals surface area contributed by atoms with Crippen molar-refractivity contribution >= 4 is 5.91 Å². The molecule has 0 unspecified atom stereocenters. The van der Waals surface area contributed by atoms with Crippen LogP contribution in [-0.2, 0) is 0 Å². The van der Waals surface area contributed by atoms with Crippen molar-refractivity contribution < 1.29 is 4.79 Å². The minimum absolute atomic E-state index is 0.0716. The van der Waals surface area contributed by atoms with Crippen LogP contribution in [0.25, 0.3) is 0 Å². The molecule has 1 aliphatic heterocycles. The molecule has 0 saturated carbocycles. The minimum Gasteiger partial charge on any atom is -0.345 e. The molecule has 1 aliphatic rings. The predicted octanol–water partition coefficient (Wildman–Crippen LogP) is 1.30. The topological polar surface area (TPSA) is 45.2 Å². The van der Waals surface area contributed by atoms with E-state index in [1.807, 2.05) is 12.1 Å². The van der Waals surface area contributed by atoms with Gasteiger partial charge < -0.3 is 10.2 Å². The van der Waals surface area contributed by atoms with Gasteiger partial charge in [-0.15, -0.1) is 0 Å². The highest BCUT2D eigenvalue weighted by Gasteiger charge is 2.30. The molecule has 4 heteroatoms. The summed E-state index contributed by atoms with van der Waals surface area (Å²) >= 11 is 0. The summed E-state index contributed by atoms with van der Waals surface area (Å²) in [4.78, 5) is 18.4. The molecule has 1 saturated heterocycles. The van der Waals surface area contributed by atoms with E-state index >= 15 is 0 Å². The molecular formula is C13H19N3O. The molecule has 0 bridgehead atoms. The van der Waals surface area contributed by atoms with Gasteiger partial charge >= 0.3 is 0 Å². The van der Waals surface area contributed by atoms with Crippen molar-refractivity contribution in [2.75, 3.05) is 20.1 Å². The highest BCUT2D eigenvalue weighted by molar-refractivity contribution is 5.92. The van der Waals surface area contributed by atoms with Crippen molar-refractivity contribution in [2.45, 2.75) is 25.3 Å². The summed E-state index contributed by atoms with van der Waals surface area (Å²) in [5, 5.41) is 3.10. The fourth-order valence-corrected chi connectivity index (χ4v) is 2.07. The molecular weight excluding hydrogens is 214 g/mol. The molecule has 0 spiro atoms. The third-order valence-corrected chi connectivity index (χ3v) is 3.40. The van der Waals surface area contributed by atoms with Gasteiger partial charge in [0.25, 0.3) is 5.91 Å². The summed E-state index contributed by atoms with van der Waals surface area (Å²) in [6.07, 6.45) is 3.62. The van der Waals surface area contributed by atoms with Crippen LogP contribution in [0.4, 0.5) is 0 Å². The minimum atomic E-state index is -0.0961. The summed E-state index contributed by atoms with van der Waals surface area (Å²) in [7, 11) is 2.11. The van der Waals surface area contributed by atoms with Crippen molar-refractivity contribution in [3.8, 4) is 0 Å². The van der Waals surface area contributed by atoms with Crippen LogP contribution in [-0.4, -0.2) is 41.5 Å². The number of carbonyl (C=O) groups is 1. The normalized spacial score (nSPS) is 19.9. The molecule has 0 atom stereocenters. The number of amides is 1. The fourth-order valence-electron chi connectivity index (χ4n) is 2.07. The van der Waals surface area contributed by atoms with Gasteiger partial charge in [-0.2, -0.15) is 0 Å². The van der Waals surface area contributed by atoms with Crippen molar-refractivity contribution in [3.05, 3.63) is 30.1 Å². The van der Waals surface area contributed by atoms with Gasteiger partial charge in [-0.1, -0.05) is 6.07 Å². The lowest BCUT2D eigenvalue weighted by Crippen LogP contribution is -2.52. The average Bonchev–Trinajstić information content (AvgIpc) is 2.34. The zero-order valence-electron chi connectivity index (χ0n) is 10.4.